The van der Waals surface area contributed by atoms with Gasteiger partial charge < -0.3 is 15.4 Å². The molecular weight excluding hydrogens is 152 g/mol. The first-order valence-corrected chi connectivity index (χ1v) is 5.14. The van der Waals surface area contributed by atoms with Gasteiger partial charge in [0.2, 0.25) is 0 Å². The molecule has 1 aliphatic heterocycles. The first kappa shape index (κ1) is 9.96. The van der Waals surface area contributed by atoms with Crippen LogP contribution in [0.3, 0.4) is 0 Å². The van der Waals surface area contributed by atoms with E-state index in [-0.39, 0.29) is 0 Å². The molecule has 0 radical (unpaired) electrons. The second-order valence-electron chi connectivity index (χ2n) is 3.53. The second-order valence-corrected chi connectivity index (χ2v) is 3.53. The summed E-state index contributed by atoms with van der Waals surface area (Å²) in [5, 5.41) is 0. The molecule has 0 atom stereocenters. The first-order chi connectivity index (χ1) is 5.93. The van der Waals surface area contributed by atoms with E-state index in [1.54, 1.807) is 4.90 Å². The highest BCUT2D eigenvalue weighted by molar-refractivity contribution is 4.42. The Morgan fingerprint density at radius 3 is 2.50 bits per heavy atom. The lowest BCUT2D eigenvalue weighted by Gasteiger charge is -2.23. The summed E-state index contributed by atoms with van der Waals surface area (Å²) >= 11 is 0. The van der Waals surface area contributed by atoms with Crippen LogP contribution in [-0.4, -0.2) is 39.4 Å². The van der Waals surface area contributed by atoms with Crippen molar-refractivity contribution in [3.8, 4) is 0 Å². The average molecular weight is 174 g/mol. The molecule has 0 spiro atoms. The predicted molar refractivity (Wildman–Crippen MR) is 48.0 cm³/mol. The van der Waals surface area contributed by atoms with Crippen LogP contribution in [0.5, 0.6) is 0 Å². The van der Waals surface area contributed by atoms with E-state index in [2.05, 4.69) is 5.73 Å². The van der Waals surface area contributed by atoms with E-state index in [0.717, 1.165) is 19.8 Å². The highest BCUT2D eigenvalue weighted by Crippen LogP contribution is 1.89. The zero-order valence-electron chi connectivity index (χ0n) is 7.98. The Morgan fingerprint density at radius 1 is 1.08 bits per heavy atom. The van der Waals surface area contributed by atoms with Crippen LogP contribution in [0.1, 0.15) is 19.3 Å². The number of hydrogen-bond acceptors (Lipinski definition) is 1. The van der Waals surface area contributed by atoms with Crippen molar-refractivity contribution in [1.82, 2.24) is 0 Å². The molecule has 12 heavy (non-hydrogen) atoms. The van der Waals surface area contributed by atoms with Gasteiger partial charge in [0.25, 0.3) is 0 Å². The van der Waals surface area contributed by atoms with Crippen LogP contribution >= 0.6 is 0 Å². The topological polar surface area (TPSA) is 41.3 Å². The van der Waals surface area contributed by atoms with E-state index in [4.69, 9.17) is 4.74 Å². The lowest BCUT2D eigenvalue weighted by molar-refractivity contribution is -0.908. The van der Waals surface area contributed by atoms with Crippen molar-refractivity contribution >= 4 is 0 Å². The number of unbranched alkanes of at least 4 members (excludes halogenated alkanes) is 2. The molecule has 1 aliphatic rings. The quantitative estimate of drug-likeness (QED) is 0.480. The van der Waals surface area contributed by atoms with Gasteiger partial charge in [-0.3, -0.25) is 0 Å². The molecule has 0 aromatic carbocycles. The minimum atomic E-state index is 0.963. The van der Waals surface area contributed by atoms with Crippen molar-refractivity contribution in [3.05, 3.63) is 0 Å². The van der Waals surface area contributed by atoms with E-state index < -0.39 is 0 Å². The summed E-state index contributed by atoms with van der Waals surface area (Å²) in [5.74, 6) is 0. The third-order valence-corrected chi connectivity index (χ3v) is 2.48. The van der Waals surface area contributed by atoms with Crippen LogP contribution < -0.4 is 10.6 Å². The molecule has 0 amide bonds. The van der Waals surface area contributed by atoms with Crippen LogP contribution in [0.15, 0.2) is 0 Å². The third-order valence-electron chi connectivity index (χ3n) is 2.48. The summed E-state index contributed by atoms with van der Waals surface area (Å²) in [4.78, 5) is 1.73. The maximum Gasteiger partial charge on any atom is 0.101 e. The van der Waals surface area contributed by atoms with Gasteiger partial charge in [0, 0.05) is 0 Å². The molecule has 1 rings (SSSR count). The van der Waals surface area contributed by atoms with Crippen molar-refractivity contribution in [1.29, 1.82) is 0 Å². The monoisotopic (exact) mass is 174 g/mol. The minimum Gasteiger partial charge on any atom is -0.370 e. The van der Waals surface area contributed by atoms with E-state index in [1.807, 2.05) is 0 Å². The van der Waals surface area contributed by atoms with E-state index in [1.165, 1.54) is 38.9 Å². The number of rotatable bonds is 5. The normalized spacial score (nSPS) is 19.8. The zero-order chi connectivity index (χ0) is 8.65. The Labute approximate surface area is 74.9 Å². The van der Waals surface area contributed by atoms with E-state index >= 15 is 0 Å². The van der Waals surface area contributed by atoms with Crippen molar-refractivity contribution in [2.24, 2.45) is 0 Å². The zero-order valence-corrected chi connectivity index (χ0v) is 7.98. The highest BCUT2D eigenvalue weighted by atomic mass is 16.5. The Bertz CT molecular complexity index is 103. The Morgan fingerprint density at radius 2 is 1.83 bits per heavy atom. The van der Waals surface area contributed by atoms with Crippen molar-refractivity contribution in [2.45, 2.75) is 19.3 Å². The van der Waals surface area contributed by atoms with Gasteiger partial charge in [0.1, 0.15) is 13.1 Å². The molecule has 0 unspecified atom stereocenters. The lowest BCUT2D eigenvalue weighted by atomic mass is 10.2. The molecule has 4 N–H and O–H groups in total. The van der Waals surface area contributed by atoms with Gasteiger partial charge in [-0.1, -0.05) is 0 Å². The molecule has 1 saturated heterocycles. The van der Waals surface area contributed by atoms with Crippen molar-refractivity contribution < 1.29 is 15.4 Å². The number of ether oxygens (including phenoxy) is 1. The molecule has 72 valence electrons. The summed E-state index contributed by atoms with van der Waals surface area (Å²) in [5.41, 5.74) is 3.84. The maximum absolute atomic E-state index is 5.30. The van der Waals surface area contributed by atoms with E-state index in [0.29, 0.717) is 0 Å². The number of hydrogen-bond donors (Lipinski definition) is 2. The predicted octanol–water partition coefficient (Wildman–Crippen LogP) is -1.69. The van der Waals surface area contributed by atoms with Crippen LogP contribution in [0.4, 0.5) is 0 Å². The van der Waals surface area contributed by atoms with Crippen LogP contribution in [0.25, 0.3) is 0 Å². The van der Waals surface area contributed by atoms with Gasteiger partial charge in [-0.25, -0.2) is 0 Å². The van der Waals surface area contributed by atoms with Gasteiger partial charge in [-0.2, -0.15) is 0 Å². The first-order valence-electron chi connectivity index (χ1n) is 5.14. The van der Waals surface area contributed by atoms with Gasteiger partial charge in [-0.05, 0) is 19.3 Å². The second kappa shape index (κ2) is 6.40. The number of quaternary nitrogens is 2. The maximum atomic E-state index is 5.30. The average Bonchev–Trinajstić information content (AvgIpc) is 2.14. The fraction of sp³-hybridized carbons (Fsp3) is 1.00. The molecule has 0 aliphatic carbocycles. The van der Waals surface area contributed by atoms with Crippen molar-refractivity contribution in [2.75, 3.05) is 39.4 Å². The molecular formula is C9H22N2O+2. The van der Waals surface area contributed by atoms with Gasteiger partial charge in [0.05, 0.1) is 26.3 Å². The summed E-state index contributed by atoms with van der Waals surface area (Å²) < 4.78 is 5.30. The molecule has 0 aromatic heterocycles. The van der Waals surface area contributed by atoms with Crippen LogP contribution in [0, 0.1) is 0 Å². The van der Waals surface area contributed by atoms with Gasteiger partial charge >= 0.3 is 0 Å². The van der Waals surface area contributed by atoms with E-state index in [9.17, 15) is 0 Å². The Hall–Kier alpha value is -0.120. The Kier molecular flexibility index (Phi) is 5.32. The van der Waals surface area contributed by atoms with Gasteiger partial charge in [-0.15, -0.1) is 0 Å². The smallest absolute Gasteiger partial charge is 0.101 e. The SMILES string of the molecule is [NH3+]CCCCC[NH+]1CCOCC1. The number of morpholine rings is 1. The molecule has 0 saturated carbocycles. The standard InChI is InChI=1S/C9H20N2O/c10-4-2-1-3-5-11-6-8-12-9-7-11/h1-10H2/p+2. The molecule has 3 heteroatoms. The number of nitrogens with one attached hydrogen (secondary N) is 1. The molecule has 3 nitrogen and oxygen atoms in total. The summed E-state index contributed by atoms with van der Waals surface area (Å²) in [6.07, 6.45) is 4.02. The van der Waals surface area contributed by atoms with Crippen LogP contribution in [0.2, 0.25) is 0 Å². The minimum absolute atomic E-state index is 0.963. The molecule has 0 aromatic rings. The molecule has 1 fully saturated rings. The summed E-state index contributed by atoms with van der Waals surface area (Å²) in [6.45, 7) is 6.78. The fourth-order valence-electron chi connectivity index (χ4n) is 1.64. The van der Waals surface area contributed by atoms with Crippen molar-refractivity contribution in [3.63, 3.8) is 0 Å². The lowest BCUT2D eigenvalue weighted by Crippen LogP contribution is -3.14. The third kappa shape index (κ3) is 4.04. The summed E-state index contributed by atoms with van der Waals surface area (Å²) in [6, 6.07) is 0. The van der Waals surface area contributed by atoms with Crippen LogP contribution in [-0.2, 0) is 4.74 Å². The molecule has 0 bridgehead atoms. The largest absolute Gasteiger partial charge is 0.370 e. The Balaban J connectivity index is 1.91. The van der Waals surface area contributed by atoms with Gasteiger partial charge in [0.15, 0.2) is 0 Å². The molecule has 1 heterocycles. The summed E-state index contributed by atoms with van der Waals surface area (Å²) in [7, 11) is 0. The fourth-order valence-corrected chi connectivity index (χ4v) is 1.64. The highest BCUT2D eigenvalue weighted by Gasteiger charge is 2.12.